The molecule has 0 aliphatic rings. The Morgan fingerprint density at radius 1 is 0.419 bits per heavy atom. The fourth-order valence-electron chi connectivity index (χ4n) is 4.40. The molecule has 31 heavy (non-hydrogen) atoms. The fraction of sp³-hybridized carbons (Fsp3) is 0.400. The standard InChI is InChI=1S/C30H39P/c1-7-22-13-16-25(10-4)28(19-22)31(29-20-23(8-2)14-17-26(29)11-5)30-21-24(9-3)15-18-27(30)12-6/h13-21H,7-12H2,1-6H3. The lowest BCUT2D eigenvalue weighted by Crippen LogP contribution is -2.28. The minimum atomic E-state index is -0.592. The maximum absolute atomic E-state index is 2.53. The Labute approximate surface area is 191 Å². The highest BCUT2D eigenvalue weighted by molar-refractivity contribution is 7.80. The van der Waals surface area contributed by atoms with Crippen LogP contribution >= 0.6 is 7.92 Å². The lowest BCUT2D eigenvalue weighted by atomic mass is 10.1. The zero-order valence-corrected chi connectivity index (χ0v) is 21.3. The van der Waals surface area contributed by atoms with Crippen molar-refractivity contribution >= 4 is 23.8 Å². The third-order valence-corrected chi connectivity index (χ3v) is 9.23. The molecule has 0 aliphatic heterocycles. The van der Waals surface area contributed by atoms with Crippen LogP contribution in [0.1, 0.15) is 74.9 Å². The molecule has 1 heteroatoms. The van der Waals surface area contributed by atoms with E-state index in [9.17, 15) is 0 Å². The molecule has 0 N–H and O–H groups in total. The van der Waals surface area contributed by atoms with Gasteiger partial charge in [-0.2, -0.15) is 0 Å². The van der Waals surface area contributed by atoms with E-state index in [1.807, 2.05) is 0 Å². The number of hydrogen-bond donors (Lipinski definition) is 0. The summed E-state index contributed by atoms with van der Waals surface area (Å²) in [6, 6.07) is 21.8. The first-order chi connectivity index (χ1) is 15.1. The van der Waals surface area contributed by atoms with Gasteiger partial charge in [0.25, 0.3) is 0 Å². The van der Waals surface area contributed by atoms with E-state index < -0.39 is 7.92 Å². The SMILES string of the molecule is CCc1ccc(CC)c(P(c2cc(CC)ccc2CC)c2cc(CC)ccc2CC)c1. The molecule has 0 atom stereocenters. The van der Waals surface area contributed by atoms with Crippen LogP contribution in [0.15, 0.2) is 54.6 Å². The van der Waals surface area contributed by atoms with Crippen molar-refractivity contribution in [3.05, 3.63) is 88.0 Å². The molecule has 0 nitrogen and oxygen atoms in total. The second-order valence-corrected chi connectivity index (χ2v) is 10.5. The first-order valence-corrected chi connectivity index (χ1v) is 13.6. The van der Waals surface area contributed by atoms with Crippen LogP contribution in [0.2, 0.25) is 0 Å². The van der Waals surface area contributed by atoms with Gasteiger partial charge in [0.1, 0.15) is 0 Å². The van der Waals surface area contributed by atoms with Gasteiger partial charge in [0.2, 0.25) is 0 Å². The molecule has 0 amide bonds. The summed E-state index contributed by atoms with van der Waals surface area (Å²) in [5.41, 5.74) is 8.89. The average molecular weight is 431 g/mol. The Hall–Kier alpha value is -1.91. The highest BCUT2D eigenvalue weighted by Gasteiger charge is 2.24. The minimum absolute atomic E-state index is 0.592. The van der Waals surface area contributed by atoms with E-state index in [1.54, 1.807) is 15.9 Å². The first-order valence-electron chi connectivity index (χ1n) is 12.2. The Bertz CT molecular complexity index is 883. The van der Waals surface area contributed by atoms with Crippen molar-refractivity contribution in [1.29, 1.82) is 0 Å². The molecule has 0 fully saturated rings. The largest absolute Gasteiger partial charge is 0.0613 e. The van der Waals surface area contributed by atoms with Gasteiger partial charge in [-0.1, -0.05) is 96.1 Å². The molecular formula is C30H39P. The van der Waals surface area contributed by atoms with Crippen molar-refractivity contribution in [2.75, 3.05) is 0 Å². The summed E-state index contributed by atoms with van der Waals surface area (Å²) in [7, 11) is -0.592. The van der Waals surface area contributed by atoms with Crippen molar-refractivity contribution in [1.82, 2.24) is 0 Å². The predicted octanol–water partition coefficient (Wildman–Crippen LogP) is 6.82. The van der Waals surface area contributed by atoms with E-state index in [0.717, 1.165) is 38.5 Å². The van der Waals surface area contributed by atoms with Gasteiger partial charge < -0.3 is 0 Å². The summed E-state index contributed by atoms with van der Waals surface area (Å²) in [6.45, 7) is 13.8. The zero-order chi connectivity index (χ0) is 22.4. The Morgan fingerprint density at radius 3 is 0.935 bits per heavy atom. The molecule has 3 rings (SSSR count). The van der Waals surface area contributed by atoms with Gasteiger partial charge in [0, 0.05) is 0 Å². The second kappa shape index (κ2) is 11.1. The molecule has 0 saturated carbocycles. The molecule has 0 aromatic heterocycles. The Morgan fingerprint density at radius 2 is 0.710 bits per heavy atom. The van der Waals surface area contributed by atoms with Crippen molar-refractivity contribution in [2.24, 2.45) is 0 Å². The van der Waals surface area contributed by atoms with Crippen LogP contribution in [0.4, 0.5) is 0 Å². The lowest BCUT2D eigenvalue weighted by Gasteiger charge is -2.28. The molecule has 3 aromatic rings. The smallest absolute Gasteiger partial charge is 0.0116 e. The summed E-state index contributed by atoms with van der Waals surface area (Å²) >= 11 is 0. The van der Waals surface area contributed by atoms with Crippen LogP contribution in [0, 0.1) is 0 Å². The number of benzene rings is 3. The van der Waals surface area contributed by atoms with E-state index in [2.05, 4.69) is 96.1 Å². The van der Waals surface area contributed by atoms with Gasteiger partial charge in [-0.15, -0.1) is 0 Å². The van der Waals surface area contributed by atoms with E-state index in [4.69, 9.17) is 0 Å². The predicted molar refractivity (Wildman–Crippen MR) is 141 cm³/mol. The van der Waals surface area contributed by atoms with E-state index in [-0.39, 0.29) is 0 Å². The van der Waals surface area contributed by atoms with Crippen LogP contribution in [0.3, 0.4) is 0 Å². The number of rotatable bonds is 9. The molecule has 0 saturated heterocycles. The topological polar surface area (TPSA) is 0 Å². The zero-order valence-electron chi connectivity index (χ0n) is 20.4. The van der Waals surface area contributed by atoms with Crippen molar-refractivity contribution in [3.8, 4) is 0 Å². The summed E-state index contributed by atoms with van der Waals surface area (Å²) in [5.74, 6) is 0. The molecule has 0 aliphatic carbocycles. The minimum Gasteiger partial charge on any atom is -0.0613 e. The van der Waals surface area contributed by atoms with Gasteiger partial charge in [-0.25, -0.2) is 0 Å². The van der Waals surface area contributed by atoms with Crippen molar-refractivity contribution < 1.29 is 0 Å². The van der Waals surface area contributed by atoms with Crippen LogP contribution in [-0.4, -0.2) is 0 Å². The molecule has 164 valence electrons. The van der Waals surface area contributed by atoms with Crippen LogP contribution in [0.25, 0.3) is 0 Å². The normalized spacial score (nSPS) is 11.3. The van der Waals surface area contributed by atoms with Crippen molar-refractivity contribution in [3.63, 3.8) is 0 Å². The van der Waals surface area contributed by atoms with E-state index in [1.165, 1.54) is 33.4 Å². The number of hydrogen-bond acceptors (Lipinski definition) is 0. The maximum atomic E-state index is 2.53. The van der Waals surface area contributed by atoms with Gasteiger partial charge in [-0.05, 0) is 95.7 Å². The van der Waals surface area contributed by atoms with Crippen LogP contribution in [0.5, 0.6) is 0 Å². The van der Waals surface area contributed by atoms with Crippen LogP contribution < -0.4 is 15.9 Å². The summed E-state index contributed by atoms with van der Waals surface area (Å²) < 4.78 is 0. The Balaban J connectivity index is 2.40. The highest BCUT2D eigenvalue weighted by atomic mass is 31.1. The van der Waals surface area contributed by atoms with Gasteiger partial charge in [-0.3, -0.25) is 0 Å². The van der Waals surface area contributed by atoms with E-state index in [0.29, 0.717) is 0 Å². The summed E-state index contributed by atoms with van der Waals surface area (Å²) in [4.78, 5) is 0. The van der Waals surface area contributed by atoms with Crippen LogP contribution in [-0.2, 0) is 38.5 Å². The first kappa shape index (κ1) is 23.7. The average Bonchev–Trinajstić information content (AvgIpc) is 2.83. The summed E-state index contributed by atoms with van der Waals surface area (Å²) in [5, 5.41) is 4.72. The quantitative estimate of drug-likeness (QED) is 0.327. The molecule has 0 radical (unpaired) electrons. The third-order valence-electron chi connectivity index (χ3n) is 6.54. The molecule has 0 unspecified atom stereocenters. The molecule has 0 spiro atoms. The lowest BCUT2D eigenvalue weighted by molar-refractivity contribution is 1.11. The second-order valence-electron chi connectivity index (χ2n) is 8.35. The summed E-state index contributed by atoms with van der Waals surface area (Å²) in [6.07, 6.45) is 6.52. The fourth-order valence-corrected chi connectivity index (χ4v) is 7.62. The third kappa shape index (κ3) is 5.12. The highest BCUT2D eigenvalue weighted by Crippen LogP contribution is 2.38. The van der Waals surface area contributed by atoms with Crippen molar-refractivity contribution in [2.45, 2.75) is 80.1 Å². The number of aryl methyl sites for hydroxylation is 6. The van der Waals surface area contributed by atoms with Gasteiger partial charge >= 0.3 is 0 Å². The maximum Gasteiger partial charge on any atom is -0.0116 e. The van der Waals surface area contributed by atoms with Gasteiger partial charge in [0.15, 0.2) is 0 Å². The Kier molecular flexibility index (Phi) is 8.50. The molecule has 0 heterocycles. The molecule has 0 bridgehead atoms. The van der Waals surface area contributed by atoms with Gasteiger partial charge in [0.05, 0.1) is 0 Å². The monoisotopic (exact) mass is 430 g/mol. The van der Waals surface area contributed by atoms with E-state index >= 15 is 0 Å². The molecule has 3 aromatic carbocycles. The molecular weight excluding hydrogens is 391 g/mol.